The van der Waals surface area contributed by atoms with Crippen molar-refractivity contribution in [2.75, 3.05) is 13.7 Å². The first-order chi connectivity index (χ1) is 7.73. The molecule has 0 heterocycles. The molecule has 0 aromatic rings. The van der Waals surface area contributed by atoms with E-state index >= 15 is 0 Å². The number of ether oxygens (including phenoxy) is 1. The first kappa shape index (κ1) is 15.7. The van der Waals surface area contributed by atoms with E-state index in [0.29, 0.717) is 0 Å². The van der Waals surface area contributed by atoms with Crippen LogP contribution in [0.2, 0.25) is 0 Å². The molecule has 0 aromatic heterocycles. The van der Waals surface area contributed by atoms with Gasteiger partial charge in [-0.2, -0.15) is 0 Å². The summed E-state index contributed by atoms with van der Waals surface area (Å²) in [6.45, 7) is 7.55. The maximum absolute atomic E-state index is 12.1. The van der Waals surface area contributed by atoms with E-state index in [0.717, 1.165) is 0 Å². The van der Waals surface area contributed by atoms with Crippen LogP contribution < -0.4 is 5.73 Å². The minimum Gasteiger partial charge on any atom is -0.409 e. The van der Waals surface area contributed by atoms with Gasteiger partial charge in [-0.1, -0.05) is 5.16 Å². The Morgan fingerprint density at radius 3 is 2.41 bits per heavy atom. The van der Waals surface area contributed by atoms with E-state index in [1.807, 2.05) is 27.7 Å². The Morgan fingerprint density at radius 1 is 1.53 bits per heavy atom. The van der Waals surface area contributed by atoms with E-state index in [2.05, 4.69) is 5.16 Å². The zero-order valence-corrected chi connectivity index (χ0v) is 11.2. The zero-order valence-electron chi connectivity index (χ0n) is 11.2. The number of amides is 1. The van der Waals surface area contributed by atoms with E-state index in [1.165, 1.54) is 0 Å². The molecule has 0 aliphatic carbocycles. The minimum absolute atomic E-state index is 0.0160. The number of hydrogen-bond donors (Lipinski definition) is 2. The zero-order chi connectivity index (χ0) is 13.6. The summed E-state index contributed by atoms with van der Waals surface area (Å²) >= 11 is 0. The molecule has 0 aromatic carbocycles. The van der Waals surface area contributed by atoms with Crippen molar-refractivity contribution in [2.24, 2.45) is 10.9 Å². The highest BCUT2D eigenvalue weighted by atomic mass is 16.5. The smallest absolute Gasteiger partial charge is 0.226 e. The number of hydrogen-bond acceptors (Lipinski definition) is 4. The number of oxime groups is 1. The van der Waals surface area contributed by atoms with Crippen molar-refractivity contribution < 1.29 is 14.7 Å². The lowest BCUT2D eigenvalue weighted by atomic mass is 10.0. The van der Waals surface area contributed by atoms with Gasteiger partial charge < -0.3 is 20.6 Å². The fourth-order valence-corrected chi connectivity index (χ4v) is 1.30. The highest BCUT2D eigenvalue weighted by Crippen LogP contribution is 2.15. The van der Waals surface area contributed by atoms with Crippen LogP contribution in [0.4, 0.5) is 0 Å². The number of nitrogens with zero attached hydrogens (tertiary/aromatic N) is 2. The summed E-state index contributed by atoms with van der Waals surface area (Å²) in [4.78, 5) is 13.6. The van der Waals surface area contributed by atoms with Gasteiger partial charge in [-0.15, -0.1) is 0 Å². The first-order valence-corrected chi connectivity index (χ1v) is 5.54. The molecule has 3 N–H and O–H groups in total. The molecule has 0 rings (SSSR count). The Labute approximate surface area is 102 Å². The van der Waals surface area contributed by atoms with Gasteiger partial charge in [0.15, 0.2) is 5.84 Å². The Bertz CT molecular complexity index is 288. The SMILES string of the molecule is COC(C)(C)CC(=O)N(CC(N)=NO)C(C)C. The van der Waals surface area contributed by atoms with E-state index in [1.54, 1.807) is 12.0 Å². The van der Waals surface area contributed by atoms with Crippen LogP contribution >= 0.6 is 0 Å². The summed E-state index contributed by atoms with van der Waals surface area (Å²) in [5.74, 6) is -0.0688. The molecule has 0 aliphatic heterocycles. The topological polar surface area (TPSA) is 88.2 Å². The van der Waals surface area contributed by atoms with Crippen molar-refractivity contribution in [3.63, 3.8) is 0 Å². The molecular formula is C11H23N3O3. The van der Waals surface area contributed by atoms with Crippen LogP contribution in [0, 0.1) is 0 Å². The lowest BCUT2D eigenvalue weighted by molar-refractivity contribution is -0.137. The van der Waals surface area contributed by atoms with E-state index < -0.39 is 5.60 Å². The van der Waals surface area contributed by atoms with Gasteiger partial charge in [-0.25, -0.2) is 0 Å². The van der Waals surface area contributed by atoms with Gasteiger partial charge >= 0.3 is 0 Å². The van der Waals surface area contributed by atoms with Gasteiger partial charge in [0.2, 0.25) is 5.91 Å². The monoisotopic (exact) mass is 245 g/mol. The Hall–Kier alpha value is -1.30. The van der Waals surface area contributed by atoms with E-state index in [-0.39, 0.29) is 30.8 Å². The average Bonchev–Trinajstić information content (AvgIpc) is 2.24. The van der Waals surface area contributed by atoms with Crippen LogP contribution in [-0.4, -0.2) is 47.1 Å². The lowest BCUT2D eigenvalue weighted by Crippen LogP contribution is -2.45. The number of carbonyl (C=O) groups is 1. The molecular weight excluding hydrogens is 222 g/mol. The maximum Gasteiger partial charge on any atom is 0.226 e. The Morgan fingerprint density at radius 2 is 2.06 bits per heavy atom. The fraction of sp³-hybridized carbons (Fsp3) is 0.818. The number of methoxy groups -OCH3 is 1. The summed E-state index contributed by atoms with van der Waals surface area (Å²) in [6, 6.07) is -0.0181. The van der Waals surface area contributed by atoms with Gasteiger partial charge in [-0.3, -0.25) is 4.79 Å². The summed E-state index contributed by atoms with van der Waals surface area (Å²) in [7, 11) is 1.57. The molecule has 0 radical (unpaired) electrons. The highest BCUT2D eigenvalue weighted by molar-refractivity contribution is 5.87. The predicted octanol–water partition coefficient (Wildman–Crippen LogP) is 0.785. The van der Waals surface area contributed by atoms with Crippen LogP contribution in [0.3, 0.4) is 0 Å². The molecule has 0 fully saturated rings. The van der Waals surface area contributed by atoms with Crippen molar-refractivity contribution in [3.05, 3.63) is 0 Å². The number of amidine groups is 1. The number of rotatable bonds is 6. The molecule has 0 saturated carbocycles. The van der Waals surface area contributed by atoms with Crippen LogP contribution in [0.1, 0.15) is 34.1 Å². The van der Waals surface area contributed by atoms with Crippen LogP contribution in [0.25, 0.3) is 0 Å². The molecule has 6 heteroatoms. The third-order valence-electron chi connectivity index (χ3n) is 2.53. The molecule has 0 aliphatic rings. The summed E-state index contributed by atoms with van der Waals surface area (Å²) < 4.78 is 5.21. The molecule has 0 atom stereocenters. The summed E-state index contributed by atoms with van der Waals surface area (Å²) in [6.07, 6.45) is 0.250. The fourth-order valence-electron chi connectivity index (χ4n) is 1.30. The van der Waals surface area contributed by atoms with Crippen molar-refractivity contribution >= 4 is 11.7 Å². The van der Waals surface area contributed by atoms with Crippen molar-refractivity contribution in [1.82, 2.24) is 4.90 Å². The van der Waals surface area contributed by atoms with Crippen LogP contribution in [0.5, 0.6) is 0 Å². The predicted molar refractivity (Wildman–Crippen MR) is 66.0 cm³/mol. The maximum atomic E-state index is 12.1. The van der Waals surface area contributed by atoms with Gasteiger partial charge in [-0.05, 0) is 27.7 Å². The molecule has 0 bridgehead atoms. The van der Waals surface area contributed by atoms with Crippen LogP contribution in [0.15, 0.2) is 5.16 Å². The third-order valence-corrected chi connectivity index (χ3v) is 2.53. The summed E-state index contributed by atoms with van der Waals surface area (Å²) in [5, 5.41) is 11.4. The van der Waals surface area contributed by atoms with E-state index in [9.17, 15) is 4.79 Å². The standard InChI is InChI=1S/C11H23N3O3/c1-8(2)14(7-9(12)13-16)10(15)6-11(3,4)17-5/h8,16H,6-7H2,1-5H3,(H2,12,13). The average molecular weight is 245 g/mol. The van der Waals surface area contributed by atoms with Crippen LogP contribution in [-0.2, 0) is 9.53 Å². The molecule has 1 amide bonds. The highest BCUT2D eigenvalue weighted by Gasteiger charge is 2.26. The summed E-state index contributed by atoms with van der Waals surface area (Å²) in [5.41, 5.74) is 4.90. The molecule has 17 heavy (non-hydrogen) atoms. The Balaban J connectivity index is 4.67. The second kappa shape index (κ2) is 6.44. The molecule has 0 unspecified atom stereocenters. The second-order valence-corrected chi connectivity index (χ2v) is 4.85. The van der Waals surface area contributed by atoms with E-state index in [4.69, 9.17) is 15.7 Å². The van der Waals surface area contributed by atoms with Gasteiger partial charge in [0.05, 0.1) is 18.6 Å². The quantitative estimate of drug-likeness (QED) is 0.313. The van der Waals surface area contributed by atoms with Gasteiger partial charge in [0.25, 0.3) is 0 Å². The minimum atomic E-state index is -0.519. The second-order valence-electron chi connectivity index (χ2n) is 4.85. The lowest BCUT2D eigenvalue weighted by Gasteiger charge is -2.30. The first-order valence-electron chi connectivity index (χ1n) is 5.54. The largest absolute Gasteiger partial charge is 0.409 e. The van der Waals surface area contributed by atoms with Crippen molar-refractivity contribution in [2.45, 2.75) is 45.8 Å². The molecule has 0 saturated heterocycles. The molecule has 0 spiro atoms. The van der Waals surface area contributed by atoms with Crippen molar-refractivity contribution in [1.29, 1.82) is 0 Å². The number of carbonyl (C=O) groups excluding carboxylic acids is 1. The molecule has 100 valence electrons. The molecule has 6 nitrogen and oxygen atoms in total. The van der Waals surface area contributed by atoms with Crippen molar-refractivity contribution in [3.8, 4) is 0 Å². The normalized spacial score (nSPS) is 12.9. The van der Waals surface area contributed by atoms with Gasteiger partial charge in [0.1, 0.15) is 0 Å². The Kier molecular flexibility index (Phi) is 5.95. The third kappa shape index (κ3) is 5.53. The van der Waals surface area contributed by atoms with Gasteiger partial charge in [0, 0.05) is 13.2 Å². The number of nitrogens with two attached hydrogens (primary N) is 1.